The second kappa shape index (κ2) is 7.26. The van der Waals surface area contributed by atoms with E-state index in [-0.39, 0.29) is 11.9 Å². The molecule has 0 spiro atoms. The normalized spacial score (nSPS) is 10.8. The summed E-state index contributed by atoms with van der Waals surface area (Å²) in [5.41, 5.74) is 0.661. The zero-order valence-corrected chi connectivity index (χ0v) is 13.9. The lowest BCUT2D eigenvalue weighted by atomic mass is 10.1. The number of hydrogen-bond acceptors (Lipinski definition) is 2. The molecule has 0 heterocycles. The molecule has 0 aromatic heterocycles. The second-order valence-corrected chi connectivity index (χ2v) is 5.98. The van der Waals surface area contributed by atoms with Crippen molar-refractivity contribution in [3.63, 3.8) is 0 Å². The van der Waals surface area contributed by atoms with Gasteiger partial charge in [0.25, 0.3) is 5.91 Å². The molecule has 0 aliphatic heterocycles. The first-order chi connectivity index (χ1) is 8.47. The number of benzene rings is 1. The number of carbonyl (C=O) groups excluding carboxylic acids is 1. The van der Waals surface area contributed by atoms with E-state index in [1.54, 1.807) is 12.0 Å². The van der Waals surface area contributed by atoms with E-state index < -0.39 is 0 Å². The molecule has 0 radical (unpaired) electrons. The Morgan fingerprint density at radius 2 is 2.06 bits per heavy atom. The first-order valence-corrected chi connectivity index (χ1v) is 7.31. The lowest BCUT2D eigenvalue weighted by molar-refractivity contribution is 0.0634. The summed E-state index contributed by atoms with van der Waals surface area (Å²) < 4.78 is 6.75. The molecule has 100 valence electrons. The zero-order valence-electron chi connectivity index (χ0n) is 10.7. The van der Waals surface area contributed by atoms with Crippen LogP contribution >= 0.6 is 31.9 Å². The summed E-state index contributed by atoms with van der Waals surface area (Å²) in [7, 11) is 1.64. The fraction of sp³-hybridized carbons (Fsp3) is 0.462. The minimum absolute atomic E-state index is 0.00947. The van der Waals surface area contributed by atoms with Gasteiger partial charge >= 0.3 is 0 Å². The van der Waals surface area contributed by atoms with E-state index in [0.717, 1.165) is 8.95 Å². The van der Waals surface area contributed by atoms with Gasteiger partial charge in [-0.15, -0.1) is 0 Å². The molecule has 0 N–H and O–H groups in total. The molecule has 1 aromatic carbocycles. The van der Waals surface area contributed by atoms with Gasteiger partial charge in [0.05, 0.1) is 12.2 Å². The van der Waals surface area contributed by atoms with Gasteiger partial charge in [0, 0.05) is 28.6 Å². The van der Waals surface area contributed by atoms with E-state index in [9.17, 15) is 4.79 Å². The first kappa shape index (κ1) is 15.7. The maximum Gasteiger partial charge on any atom is 0.255 e. The molecule has 0 bridgehead atoms. The number of carbonyl (C=O) groups is 1. The summed E-state index contributed by atoms with van der Waals surface area (Å²) in [5, 5.41) is 0. The van der Waals surface area contributed by atoms with Crippen molar-refractivity contribution in [1.82, 2.24) is 4.90 Å². The monoisotopic (exact) mass is 377 g/mol. The van der Waals surface area contributed by atoms with E-state index in [1.165, 1.54) is 0 Å². The number of ether oxygens (including phenoxy) is 1. The third kappa shape index (κ3) is 4.07. The molecular weight excluding hydrogens is 362 g/mol. The van der Waals surface area contributed by atoms with Crippen molar-refractivity contribution in [2.24, 2.45) is 0 Å². The molecule has 1 aromatic rings. The minimum Gasteiger partial charge on any atom is -0.383 e. The molecule has 0 fully saturated rings. The van der Waals surface area contributed by atoms with Gasteiger partial charge in [0.15, 0.2) is 0 Å². The number of amides is 1. The average molecular weight is 379 g/mol. The Hall–Kier alpha value is -0.390. The van der Waals surface area contributed by atoms with Gasteiger partial charge in [0.1, 0.15) is 0 Å². The van der Waals surface area contributed by atoms with Crippen molar-refractivity contribution in [3.05, 3.63) is 32.7 Å². The lowest BCUT2D eigenvalue weighted by Crippen LogP contribution is -2.39. The second-order valence-electron chi connectivity index (χ2n) is 4.21. The highest BCUT2D eigenvalue weighted by molar-refractivity contribution is 9.11. The maximum absolute atomic E-state index is 12.5. The van der Waals surface area contributed by atoms with Crippen LogP contribution in [0.15, 0.2) is 27.1 Å². The van der Waals surface area contributed by atoms with Crippen LogP contribution < -0.4 is 0 Å². The predicted octanol–water partition coefficient (Wildman–Crippen LogP) is 3.71. The Labute approximate surface area is 125 Å². The van der Waals surface area contributed by atoms with E-state index in [2.05, 4.69) is 31.9 Å². The Morgan fingerprint density at radius 3 is 2.61 bits per heavy atom. The van der Waals surface area contributed by atoms with Crippen molar-refractivity contribution in [2.45, 2.75) is 19.9 Å². The van der Waals surface area contributed by atoms with Crippen LogP contribution in [0.1, 0.15) is 24.2 Å². The molecular formula is C13H17Br2NO2. The quantitative estimate of drug-likeness (QED) is 0.781. The van der Waals surface area contributed by atoms with E-state index >= 15 is 0 Å². The van der Waals surface area contributed by atoms with Crippen LogP contribution in [-0.4, -0.2) is 37.1 Å². The van der Waals surface area contributed by atoms with Crippen molar-refractivity contribution >= 4 is 37.8 Å². The Bertz CT molecular complexity index is 421. The van der Waals surface area contributed by atoms with Gasteiger partial charge < -0.3 is 9.64 Å². The number of halogens is 2. The summed E-state index contributed by atoms with van der Waals surface area (Å²) in [6, 6.07) is 5.73. The Kier molecular flexibility index (Phi) is 6.32. The van der Waals surface area contributed by atoms with Crippen molar-refractivity contribution in [2.75, 3.05) is 20.3 Å². The molecule has 18 heavy (non-hydrogen) atoms. The number of nitrogens with zero attached hydrogens (tertiary/aromatic N) is 1. The third-order valence-electron chi connectivity index (χ3n) is 2.58. The van der Waals surface area contributed by atoms with Crippen LogP contribution in [0.2, 0.25) is 0 Å². The zero-order chi connectivity index (χ0) is 13.7. The molecule has 0 unspecified atom stereocenters. The highest BCUT2D eigenvalue weighted by Crippen LogP contribution is 2.23. The van der Waals surface area contributed by atoms with Gasteiger partial charge in [-0.3, -0.25) is 4.79 Å². The van der Waals surface area contributed by atoms with Crippen molar-refractivity contribution in [1.29, 1.82) is 0 Å². The van der Waals surface area contributed by atoms with Crippen LogP contribution in [0.3, 0.4) is 0 Å². The molecule has 0 saturated carbocycles. The van der Waals surface area contributed by atoms with Crippen LogP contribution in [-0.2, 0) is 4.74 Å². The molecule has 5 heteroatoms. The Morgan fingerprint density at radius 1 is 1.39 bits per heavy atom. The van der Waals surface area contributed by atoms with Gasteiger partial charge in [-0.2, -0.15) is 0 Å². The van der Waals surface area contributed by atoms with E-state index in [0.29, 0.717) is 18.7 Å². The van der Waals surface area contributed by atoms with Crippen LogP contribution in [0.4, 0.5) is 0 Å². The summed E-state index contributed by atoms with van der Waals surface area (Å²) in [6.07, 6.45) is 0. The Balaban J connectivity index is 2.98. The standard InChI is InChI=1S/C13H17Br2NO2/c1-9(2)16(6-7-18-3)13(17)11-8-10(14)4-5-12(11)15/h4-5,8-9H,6-7H2,1-3H3. The third-order valence-corrected chi connectivity index (χ3v) is 3.76. The van der Waals surface area contributed by atoms with Crippen molar-refractivity contribution < 1.29 is 9.53 Å². The minimum atomic E-state index is 0.00947. The molecule has 1 rings (SSSR count). The van der Waals surface area contributed by atoms with Crippen molar-refractivity contribution in [3.8, 4) is 0 Å². The average Bonchev–Trinajstić information content (AvgIpc) is 2.32. The molecule has 0 aliphatic rings. The fourth-order valence-corrected chi connectivity index (χ4v) is 2.38. The van der Waals surface area contributed by atoms with Crippen LogP contribution in [0.25, 0.3) is 0 Å². The summed E-state index contributed by atoms with van der Waals surface area (Å²) in [5.74, 6) is 0.00947. The molecule has 0 aliphatic carbocycles. The summed E-state index contributed by atoms with van der Waals surface area (Å²) >= 11 is 6.80. The largest absolute Gasteiger partial charge is 0.383 e. The molecule has 1 amide bonds. The van der Waals surface area contributed by atoms with Gasteiger partial charge in [-0.25, -0.2) is 0 Å². The molecule has 3 nitrogen and oxygen atoms in total. The van der Waals surface area contributed by atoms with Crippen LogP contribution in [0.5, 0.6) is 0 Å². The first-order valence-electron chi connectivity index (χ1n) is 5.72. The summed E-state index contributed by atoms with van der Waals surface area (Å²) in [4.78, 5) is 14.3. The predicted molar refractivity (Wildman–Crippen MR) is 79.9 cm³/mol. The number of methoxy groups -OCH3 is 1. The fourth-order valence-electron chi connectivity index (χ4n) is 1.60. The SMILES string of the molecule is COCCN(C(=O)c1cc(Br)ccc1Br)C(C)C. The van der Waals surface area contributed by atoms with E-state index in [1.807, 2.05) is 32.0 Å². The van der Waals surface area contributed by atoms with E-state index in [4.69, 9.17) is 4.74 Å². The van der Waals surface area contributed by atoms with Gasteiger partial charge in [0.2, 0.25) is 0 Å². The summed E-state index contributed by atoms with van der Waals surface area (Å²) in [6.45, 7) is 5.13. The van der Waals surface area contributed by atoms with Gasteiger partial charge in [-0.05, 0) is 48.0 Å². The van der Waals surface area contributed by atoms with Crippen LogP contribution in [0, 0.1) is 0 Å². The maximum atomic E-state index is 12.5. The lowest BCUT2D eigenvalue weighted by Gasteiger charge is -2.27. The number of hydrogen-bond donors (Lipinski definition) is 0. The molecule has 0 atom stereocenters. The highest BCUT2D eigenvalue weighted by Gasteiger charge is 2.20. The molecule has 0 saturated heterocycles. The topological polar surface area (TPSA) is 29.5 Å². The van der Waals surface area contributed by atoms with Gasteiger partial charge in [-0.1, -0.05) is 15.9 Å². The number of rotatable bonds is 5. The smallest absolute Gasteiger partial charge is 0.255 e. The highest BCUT2D eigenvalue weighted by atomic mass is 79.9.